The summed E-state index contributed by atoms with van der Waals surface area (Å²) in [5.74, 6) is -0.389. The van der Waals surface area contributed by atoms with Crippen molar-refractivity contribution in [1.82, 2.24) is 10.3 Å². The van der Waals surface area contributed by atoms with Crippen molar-refractivity contribution in [3.8, 4) is 22.1 Å². The Bertz CT molecular complexity index is 921. The zero-order valence-corrected chi connectivity index (χ0v) is 15.2. The Hall–Kier alpha value is -2.86. The lowest BCUT2D eigenvalue weighted by molar-refractivity contribution is -0.120. The standard InChI is InChI=1S/C20H20N2O3S/c1-13-3-2-4-15(9-13)20-22-16(12-26-20)11-19(25)21-8-7-14-5-6-17(23)18(24)10-14/h2-6,9-10,12,23-24H,7-8,11H2,1H3,(H,21,25). The van der Waals surface area contributed by atoms with E-state index < -0.39 is 0 Å². The van der Waals surface area contributed by atoms with Crippen LogP contribution in [0.1, 0.15) is 16.8 Å². The number of nitrogens with zero attached hydrogens (tertiary/aromatic N) is 1. The van der Waals surface area contributed by atoms with Gasteiger partial charge in [0.25, 0.3) is 0 Å². The SMILES string of the molecule is Cc1cccc(-c2nc(CC(=O)NCCc3ccc(O)c(O)c3)cs2)c1. The van der Waals surface area contributed by atoms with E-state index in [1.807, 2.05) is 30.5 Å². The van der Waals surface area contributed by atoms with Gasteiger partial charge in [-0.3, -0.25) is 4.79 Å². The average molecular weight is 368 g/mol. The molecule has 0 fully saturated rings. The lowest BCUT2D eigenvalue weighted by Gasteiger charge is -2.05. The molecule has 0 unspecified atom stereocenters. The molecule has 134 valence electrons. The molecule has 1 heterocycles. The third-order valence-electron chi connectivity index (χ3n) is 3.93. The monoisotopic (exact) mass is 368 g/mol. The minimum Gasteiger partial charge on any atom is -0.504 e. The van der Waals surface area contributed by atoms with Crippen LogP contribution in [0.25, 0.3) is 10.6 Å². The van der Waals surface area contributed by atoms with E-state index in [2.05, 4.69) is 16.4 Å². The number of benzene rings is 2. The molecule has 0 saturated carbocycles. The fourth-order valence-corrected chi connectivity index (χ4v) is 3.41. The highest BCUT2D eigenvalue weighted by molar-refractivity contribution is 7.13. The summed E-state index contributed by atoms with van der Waals surface area (Å²) < 4.78 is 0. The van der Waals surface area contributed by atoms with Gasteiger partial charge >= 0.3 is 0 Å². The van der Waals surface area contributed by atoms with E-state index in [1.165, 1.54) is 29.0 Å². The van der Waals surface area contributed by atoms with E-state index in [1.54, 1.807) is 6.07 Å². The summed E-state index contributed by atoms with van der Waals surface area (Å²) in [6.45, 7) is 2.50. The highest BCUT2D eigenvalue weighted by atomic mass is 32.1. The molecule has 0 bridgehead atoms. The van der Waals surface area contributed by atoms with Crippen LogP contribution in [0.5, 0.6) is 11.5 Å². The van der Waals surface area contributed by atoms with E-state index in [-0.39, 0.29) is 23.8 Å². The van der Waals surface area contributed by atoms with Gasteiger partial charge in [0.1, 0.15) is 5.01 Å². The Morgan fingerprint density at radius 1 is 1.15 bits per heavy atom. The van der Waals surface area contributed by atoms with Crippen molar-refractivity contribution in [2.45, 2.75) is 19.8 Å². The van der Waals surface area contributed by atoms with E-state index >= 15 is 0 Å². The molecule has 0 atom stereocenters. The van der Waals surface area contributed by atoms with Crippen LogP contribution in [0, 0.1) is 6.92 Å². The zero-order chi connectivity index (χ0) is 18.5. The lowest BCUT2D eigenvalue weighted by Crippen LogP contribution is -2.27. The van der Waals surface area contributed by atoms with Crippen LogP contribution in [-0.2, 0) is 17.6 Å². The second-order valence-corrected chi connectivity index (χ2v) is 6.97. The number of hydrogen-bond donors (Lipinski definition) is 3. The van der Waals surface area contributed by atoms with Crippen LogP contribution in [0.15, 0.2) is 47.8 Å². The summed E-state index contributed by atoms with van der Waals surface area (Å²) in [6, 6.07) is 12.8. The predicted octanol–water partition coefficient (Wildman–Crippen LogP) is 3.43. The van der Waals surface area contributed by atoms with Crippen molar-refractivity contribution in [3.05, 3.63) is 64.7 Å². The normalized spacial score (nSPS) is 10.7. The number of phenols is 2. The fourth-order valence-electron chi connectivity index (χ4n) is 2.60. The molecule has 0 aliphatic heterocycles. The third kappa shape index (κ3) is 4.61. The molecule has 0 saturated heterocycles. The molecular formula is C20H20N2O3S. The minimum atomic E-state index is -0.153. The molecule has 3 aromatic rings. The predicted molar refractivity (Wildman–Crippen MR) is 102 cm³/mol. The van der Waals surface area contributed by atoms with E-state index in [0.717, 1.165) is 21.8 Å². The Kier molecular flexibility index (Phi) is 5.53. The Morgan fingerprint density at radius 2 is 2.00 bits per heavy atom. The minimum absolute atomic E-state index is 0.0888. The van der Waals surface area contributed by atoms with Crippen LogP contribution < -0.4 is 5.32 Å². The molecule has 0 spiro atoms. The highest BCUT2D eigenvalue weighted by Gasteiger charge is 2.09. The van der Waals surface area contributed by atoms with Gasteiger partial charge in [-0.05, 0) is 37.1 Å². The van der Waals surface area contributed by atoms with Gasteiger partial charge in [-0.15, -0.1) is 11.3 Å². The van der Waals surface area contributed by atoms with Crippen molar-refractivity contribution in [2.24, 2.45) is 0 Å². The maximum Gasteiger partial charge on any atom is 0.226 e. The van der Waals surface area contributed by atoms with Crippen LogP contribution in [0.3, 0.4) is 0 Å². The van der Waals surface area contributed by atoms with Crippen molar-refractivity contribution in [3.63, 3.8) is 0 Å². The second-order valence-electron chi connectivity index (χ2n) is 6.11. The van der Waals surface area contributed by atoms with Crippen molar-refractivity contribution in [1.29, 1.82) is 0 Å². The molecule has 1 amide bonds. The number of amides is 1. The smallest absolute Gasteiger partial charge is 0.226 e. The van der Waals surface area contributed by atoms with Crippen molar-refractivity contribution < 1.29 is 15.0 Å². The van der Waals surface area contributed by atoms with Crippen molar-refractivity contribution in [2.75, 3.05) is 6.54 Å². The summed E-state index contributed by atoms with van der Waals surface area (Å²) in [6.07, 6.45) is 0.814. The average Bonchev–Trinajstić information content (AvgIpc) is 3.06. The quantitative estimate of drug-likeness (QED) is 0.582. The van der Waals surface area contributed by atoms with Crippen LogP contribution in [-0.4, -0.2) is 27.6 Å². The zero-order valence-electron chi connectivity index (χ0n) is 14.4. The van der Waals surface area contributed by atoms with Crippen LogP contribution in [0.2, 0.25) is 0 Å². The molecule has 26 heavy (non-hydrogen) atoms. The summed E-state index contributed by atoms with van der Waals surface area (Å²) in [5, 5.41) is 24.4. The molecule has 0 radical (unpaired) electrons. The number of carbonyl (C=O) groups is 1. The Labute approximate surface area is 156 Å². The van der Waals surface area contributed by atoms with E-state index in [9.17, 15) is 15.0 Å². The number of aromatic hydroxyl groups is 2. The van der Waals surface area contributed by atoms with Gasteiger partial charge in [-0.2, -0.15) is 0 Å². The van der Waals surface area contributed by atoms with Gasteiger partial charge < -0.3 is 15.5 Å². The largest absolute Gasteiger partial charge is 0.504 e. The molecule has 6 heteroatoms. The van der Waals surface area contributed by atoms with Crippen molar-refractivity contribution >= 4 is 17.2 Å². The summed E-state index contributed by atoms with van der Waals surface area (Å²) in [7, 11) is 0. The summed E-state index contributed by atoms with van der Waals surface area (Å²) in [4.78, 5) is 16.6. The maximum atomic E-state index is 12.1. The Balaban J connectivity index is 1.51. The topological polar surface area (TPSA) is 82.5 Å². The number of nitrogens with one attached hydrogen (secondary N) is 1. The molecule has 3 N–H and O–H groups in total. The molecule has 5 nitrogen and oxygen atoms in total. The van der Waals surface area contributed by atoms with E-state index in [0.29, 0.717) is 13.0 Å². The number of rotatable bonds is 6. The fraction of sp³-hybridized carbons (Fsp3) is 0.200. The Morgan fingerprint density at radius 3 is 2.77 bits per heavy atom. The highest BCUT2D eigenvalue weighted by Crippen LogP contribution is 2.25. The third-order valence-corrected chi connectivity index (χ3v) is 4.87. The van der Waals surface area contributed by atoms with Gasteiger partial charge in [0.05, 0.1) is 12.1 Å². The molecule has 3 rings (SSSR count). The van der Waals surface area contributed by atoms with Gasteiger partial charge in [0.15, 0.2) is 11.5 Å². The van der Waals surface area contributed by atoms with Gasteiger partial charge in [-0.1, -0.05) is 29.8 Å². The second kappa shape index (κ2) is 8.01. The summed E-state index contributed by atoms with van der Waals surface area (Å²) >= 11 is 1.53. The molecule has 0 aliphatic carbocycles. The number of phenolic OH excluding ortho intramolecular Hbond substituents is 2. The van der Waals surface area contributed by atoms with Crippen LogP contribution >= 0.6 is 11.3 Å². The molecule has 0 aliphatic rings. The van der Waals surface area contributed by atoms with E-state index in [4.69, 9.17) is 0 Å². The lowest BCUT2D eigenvalue weighted by atomic mass is 10.1. The number of aryl methyl sites for hydroxylation is 1. The number of aromatic nitrogens is 1. The first-order valence-electron chi connectivity index (χ1n) is 8.30. The first kappa shape index (κ1) is 17.9. The number of thiazole rings is 1. The summed E-state index contributed by atoms with van der Waals surface area (Å²) in [5.41, 5.74) is 3.84. The van der Waals surface area contributed by atoms with Gasteiger partial charge in [-0.25, -0.2) is 4.98 Å². The molecule has 1 aromatic heterocycles. The van der Waals surface area contributed by atoms with Crippen LogP contribution in [0.4, 0.5) is 0 Å². The molecule has 2 aromatic carbocycles. The van der Waals surface area contributed by atoms with Gasteiger partial charge in [0.2, 0.25) is 5.91 Å². The first-order chi connectivity index (χ1) is 12.5. The maximum absolute atomic E-state index is 12.1. The number of carbonyl (C=O) groups excluding carboxylic acids is 1. The number of hydrogen-bond acceptors (Lipinski definition) is 5. The molecular weight excluding hydrogens is 348 g/mol. The first-order valence-corrected chi connectivity index (χ1v) is 9.18. The van der Waals surface area contributed by atoms with Gasteiger partial charge in [0, 0.05) is 17.5 Å².